The average molecular weight is 450 g/mol. The highest BCUT2D eigenvalue weighted by Crippen LogP contribution is 2.26. The quantitative estimate of drug-likeness (QED) is 0.267. The molecule has 9 nitrogen and oxygen atoms in total. The second kappa shape index (κ2) is 10.6. The lowest BCUT2D eigenvalue weighted by atomic mass is 10.1. The monoisotopic (exact) mass is 449 g/mol. The molecule has 9 heteroatoms. The molecular formula is C24H27N5O4. The van der Waals surface area contributed by atoms with Crippen molar-refractivity contribution in [2.75, 3.05) is 19.5 Å². The number of methoxy groups -OCH3 is 1. The van der Waals surface area contributed by atoms with Crippen molar-refractivity contribution in [1.29, 1.82) is 0 Å². The minimum atomic E-state index is -0.153. The molecule has 0 spiro atoms. The van der Waals surface area contributed by atoms with Crippen LogP contribution in [-0.4, -0.2) is 39.2 Å². The summed E-state index contributed by atoms with van der Waals surface area (Å²) >= 11 is 0. The molecule has 0 saturated carbocycles. The van der Waals surface area contributed by atoms with Gasteiger partial charge in [0, 0.05) is 6.42 Å². The largest absolute Gasteiger partial charge is 0.494 e. The van der Waals surface area contributed by atoms with Crippen LogP contribution in [0.1, 0.15) is 37.7 Å². The Bertz CT molecular complexity index is 1200. The first kappa shape index (κ1) is 22.3. The van der Waals surface area contributed by atoms with Crippen molar-refractivity contribution in [3.05, 3.63) is 54.6 Å². The number of imidazole rings is 1. The Balaban J connectivity index is 1.36. The number of rotatable bonds is 11. The molecule has 0 amide bonds. The van der Waals surface area contributed by atoms with Crippen LogP contribution in [0.3, 0.4) is 0 Å². The van der Waals surface area contributed by atoms with Crippen LogP contribution < -0.4 is 10.5 Å². The third-order valence-electron chi connectivity index (χ3n) is 5.26. The summed E-state index contributed by atoms with van der Waals surface area (Å²) < 4.78 is 18.0. The van der Waals surface area contributed by atoms with E-state index in [0.29, 0.717) is 42.2 Å². The molecule has 0 atom stereocenters. The van der Waals surface area contributed by atoms with Crippen LogP contribution in [0, 0.1) is 0 Å². The summed E-state index contributed by atoms with van der Waals surface area (Å²) in [4.78, 5) is 24.3. The van der Waals surface area contributed by atoms with Crippen LogP contribution in [0.25, 0.3) is 22.6 Å². The van der Waals surface area contributed by atoms with Gasteiger partial charge in [-0.15, -0.1) is 0 Å². The van der Waals surface area contributed by atoms with Gasteiger partial charge in [0.1, 0.15) is 17.0 Å². The van der Waals surface area contributed by atoms with Gasteiger partial charge in [-0.2, -0.15) is 4.98 Å². The maximum Gasteiger partial charge on any atom is 0.305 e. The number of nitrogen functional groups attached to an aromatic ring is 1. The number of ether oxygens (including phenoxy) is 2. The van der Waals surface area contributed by atoms with Crippen molar-refractivity contribution in [3.8, 4) is 17.2 Å². The first-order chi connectivity index (χ1) is 16.1. The second-order valence-electron chi connectivity index (χ2n) is 7.69. The zero-order chi connectivity index (χ0) is 23.0. The van der Waals surface area contributed by atoms with Gasteiger partial charge in [0.2, 0.25) is 5.95 Å². The van der Waals surface area contributed by atoms with E-state index in [2.05, 4.69) is 19.7 Å². The van der Waals surface area contributed by atoms with E-state index in [0.717, 1.165) is 37.0 Å². The third kappa shape index (κ3) is 5.68. The molecule has 4 aromatic rings. The summed E-state index contributed by atoms with van der Waals surface area (Å²) in [6.45, 7) is 1.20. The minimum Gasteiger partial charge on any atom is -0.494 e. The topological polar surface area (TPSA) is 118 Å². The molecule has 33 heavy (non-hydrogen) atoms. The van der Waals surface area contributed by atoms with Gasteiger partial charge in [0.15, 0.2) is 11.4 Å². The molecule has 0 saturated heterocycles. The summed E-state index contributed by atoms with van der Waals surface area (Å²) in [7, 11) is 1.42. The molecule has 172 valence electrons. The lowest BCUT2D eigenvalue weighted by Gasteiger charge is -2.09. The van der Waals surface area contributed by atoms with Gasteiger partial charge in [-0.3, -0.25) is 4.79 Å². The fourth-order valence-electron chi connectivity index (χ4n) is 3.61. The smallest absolute Gasteiger partial charge is 0.305 e. The first-order valence-electron chi connectivity index (χ1n) is 10.9. The van der Waals surface area contributed by atoms with Crippen LogP contribution in [0.4, 0.5) is 5.95 Å². The fourth-order valence-corrected chi connectivity index (χ4v) is 3.61. The minimum absolute atomic E-state index is 0.153. The predicted molar refractivity (Wildman–Crippen MR) is 124 cm³/mol. The molecule has 1 aromatic carbocycles. The van der Waals surface area contributed by atoms with E-state index in [4.69, 9.17) is 14.9 Å². The highest BCUT2D eigenvalue weighted by molar-refractivity contribution is 5.86. The third-order valence-corrected chi connectivity index (χ3v) is 5.26. The van der Waals surface area contributed by atoms with Crippen LogP contribution in [0.5, 0.6) is 5.75 Å². The van der Waals surface area contributed by atoms with Gasteiger partial charge >= 0.3 is 5.97 Å². The molecule has 0 unspecified atom stereocenters. The molecule has 2 N–H and O–H groups in total. The Morgan fingerprint density at radius 1 is 1.12 bits per heavy atom. The number of furan rings is 1. The number of fused-ring (bicyclic) bond motifs is 1. The van der Waals surface area contributed by atoms with Gasteiger partial charge in [0.05, 0.1) is 32.9 Å². The van der Waals surface area contributed by atoms with Gasteiger partial charge in [-0.25, -0.2) is 9.97 Å². The van der Waals surface area contributed by atoms with E-state index >= 15 is 0 Å². The Labute approximate surface area is 191 Å². The maximum absolute atomic E-state index is 11.1. The Hall–Kier alpha value is -3.88. The lowest BCUT2D eigenvalue weighted by Crippen LogP contribution is -2.04. The van der Waals surface area contributed by atoms with Gasteiger partial charge < -0.3 is 24.2 Å². The van der Waals surface area contributed by atoms with Gasteiger partial charge in [0.25, 0.3) is 0 Å². The van der Waals surface area contributed by atoms with E-state index in [9.17, 15) is 4.79 Å². The molecule has 3 heterocycles. The van der Waals surface area contributed by atoms with Crippen molar-refractivity contribution in [2.45, 2.75) is 38.6 Å². The summed E-state index contributed by atoms with van der Waals surface area (Å²) in [6, 6.07) is 11.6. The summed E-state index contributed by atoms with van der Waals surface area (Å²) in [5.74, 6) is 1.43. The molecule has 3 aromatic heterocycles. The molecule has 0 radical (unpaired) electrons. The van der Waals surface area contributed by atoms with Crippen LogP contribution in [0.2, 0.25) is 0 Å². The Morgan fingerprint density at radius 2 is 2.00 bits per heavy atom. The van der Waals surface area contributed by atoms with E-state index < -0.39 is 0 Å². The number of anilines is 1. The van der Waals surface area contributed by atoms with E-state index in [1.54, 1.807) is 18.7 Å². The number of aromatic nitrogens is 4. The predicted octanol–water partition coefficient (Wildman–Crippen LogP) is 4.22. The molecule has 4 rings (SSSR count). The van der Waals surface area contributed by atoms with E-state index in [-0.39, 0.29) is 11.9 Å². The second-order valence-corrected chi connectivity index (χ2v) is 7.69. The van der Waals surface area contributed by atoms with Crippen molar-refractivity contribution >= 4 is 23.1 Å². The normalized spacial score (nSPS) is 11.1. The molecule has 0 aliphatic heterocycles. The zero-order valence-corrected chi connectivity index (χ0v) is 18.6. The van der Waals surface area contributed by atoms with Gasteiger partial charge in [-0.05, 0) is 42.7 Å². The molecule has 0 fully saturated rings. The lowest BCUT2D eigenvalue weighted by molar-refractivity contribution is -0.140. The van der Waals surface area contributed by atoms with Crippen LogP contribution in [-0.2, 0) is 16.1 Å². The highest BCUT2D eigenvalue weighted by atomic mass is 16.5. The van der Waals surface area contributed by atoms with E-state index in [1.165, 1.54) is 7.11 Å². The molecule has 0 bridgehead atoms. The number of benzene rings is 1. The summed E-state index contributed by atoms with van der Waals surface area (Å²) in [5.41, 5.74) is 8.86. The maximum atomic E-state index is 11.1. The molecule has 0 aliphatic carbocycles. The van der Waals surface area contributed by atoms with Crippen molar-refractivity contribution in [1.82, 2.24) is 19.5 Å². The number of unbranched alkanes of at least 4 members (excludes halogenated alkanes) is 3. The first-order valence-corrected chi connectivity index (χ1v) is 10.9. The molecule has 0 aliphatic rings. The highest BCUT2D eigenvalue weighted by Gasteiger charge is 2.16. The van der Waals surface area contributed by atoms with Crippen molar-refractivity contribution in [3.63, 3.8) is 0 Å². The number of carbonyl (C=O) groups is 1. The van der Waals surface area contributed by atoms with Crippen LogP contribution >= 0.6 is 0 Å². The average Bonchev–Trinajstić information content (AvgIpc) is 3.49. The zero-order valence-electron chi connectivity index (χ0n) is 18.6. The number of esters is 1. The Morgan fingerprint density at radius 3 is 2.82 bits per heavy atom. The fraction of sp³-hybridized carbons (Fsp3) is 0.333. The number of nitrogens with zero attached hydrogens (tertiary/aromatic N) is 4. The molecular weight excluding hydrogens is 422 g/mol. The van der Waals surface area contributed by atoms with Crippen LogP contribution in [0.15, 0.2) is 53.4 Å². The van der Waals surface area contributed by atoms with Crippen molar-refractivity contribution in [2.24, 2.45) is 0 Å². The number of hydrogen-bond acceptors (Lipinski definition) is 8. The standard InChI is InChI=1S/C24H27N5O4/c1-31-20(30)11-4-2-3-5-12-32-18-9-6-8-17(14-18)15-29-16-26-22-21(19-10-7-13-33-19)27-24(25)28-23(22)29/h6-10,13-14,16H,2-5,11-12,15H2,1H3,(H2,25,27,28). The summed E-state index contributed by atoms with van der Waals surface area (Å²) in [5, 5.41) is 0. The Kier molecular flexibility index (Phi) is 7.19. The summed E-state index contributed by atoms with van der Waals surface area (Å²) in [6.07, 6.45) is 7.56. The van der Waals surface area contributed by atoms with Crippen molar-refractivity contribution < 1.29 is 18.7 Å². The SMILES string of the molecule is COC(=O)CCCCCCOc1cccc(Cn2cnc3c(-c4ccco4)nc(N)nc32)c1. The number of hydrogen-bond donors (Lipinski definition) is 1. The van der Waals surface area contributed by atoms with E-state index in [1.807, 2.05) is 34.9 Å². The number of nitrogens with two attached hydrogens (primary N) is 1. The number of carbonyl (C=O) groups excluding carboxylic acids is 1. The van der Waals surface area contributed by atoms with Gasteiger partial charge in [-0.1, -0.05) is 25.0 Å².